The van der Waals surface area contributed by atoms with Gasteiger partial charge in [-0.3, -0.25) is 4.79 Å². The number of carbonyl (C=O) groups is 1. The standard InChI is InChI=1S/C15H21N3O3S/c1-2-21-9-3-6-15(20)16-14-11-12(13-5-4-10-22-13)17-18(14)7-8-19/h4-5,10-11,19H,2-3,6-9H2,1H3,(H,16,20). The fourth-order valence-corrected chi connectivity index (χ4v) is 2.69. The first-order chi connectivity index (χ1) is 10.7. The maximum atomic E-state index is 12.0. The Balaban J connectivity index is 2.01. The maximum absolute atomic E-state index is 12.0. The second-order valence-corrected chi connectivity index (χ2v) is 5.64. The van der Waals surface area contributed by atoms with Crippen molar-refractivity contribution in [1.29, 1.82) is 0 Å². The lowest BCUT2D eigenvalue weighted by Gasteiger charge is -2.07. The SMILES string of the molecule is CCOCCCC(=O)Nc1cc(-c2cccs2)nn1CCO. The molecule has 6 nitrogen and oxygen atoms in total. The van der Waals surface area contributed by atoms with Crippen molar-refractivity contribution in [3.8, 4) is 10.6 Å². The van der Waals surface area contributed by atoms with E-state index in [0.29, 0.717) is 38.4 Å². The molecule has 0 aliphatic rings. The molecule has 0 unspecified atom stereocenters. The van der Waals surface area contributed by atoms with Crippen LogP contribution in [0.3, 0.4) is 0 Å². The molecule has 22 heavy (non-hydrogen) atoms. The summed E-state index contributed by atoms with van der Waals surface area (Å²) in [7, 11) is 0. The van der Waals surface area contributed by atoms with Gasteiger partial charge >= 0.3 is 0 Å². The van der Waals surface area contributed by atoms with Crippen LogP contribution < -0.4 is 5.32 Å². The van der Waals surface area contributed by atoms with E-state index in [1.807, 2.05) is 30.5 Å². The van der Waals surface area contributed by atoms with Crippen LogP contribution in [0.15, 0.2) is 23.6 Å². The minimum Gasteiger partial charge on any atom is -0.394 e. The Bertz CT molecular complexity index is 581. The minimum absolute atomic E-state index is 0.0290. The number of aliphatic hydroxyl groups is 1. The van der Waals surface area contributed by atoms with Crippen LogP contribution >= 0.6 is 11.3 Å². The Labute approximate surface area is 133 Å². The molecule has 1 amide bonds. The van der Waals surface area contributed by atoms with Gasteiger partial charge < -0.3 is 15.2 Å². The van der Waals surface area contributed by atoms with Crippen LogP contribution in [0.2, 0.25) is 0 Å². The van der Waals surface area contributed by atoms with Crippen LogP contribution in [0.25, 0.3) is 10.6 Å². The molecule has 0 saturated heterocycles. The number of aromatic nitrogens is 2. The molecule has 0 spiro atoms. The van der Waals surface area contributed by atoms with Crippen LogP contribution in [-0.4, -0.2) is 40.6 Å². The van der Waals surface area contributed by atoms with Gasteiger partial charge in [-0.2, -0.15) is 5.10 Å². The summed E-state index contributed by atoms with van der Waals surface area (Å²) in [5.41, 5.74) is 0.799. The molecule has 0 bridgehead atoms. The number of amides is 1. The fraction of sp³-hybridized carbons (Fsp3) is 0.467. The molecule has 2 aromatic rings. The van der Waals surface area contributed by atoms with Crippen molar-refractivity contribution < 1.29 is 14.6 Å². The number of nitrogens with one attached hydrogen (secondary N) is 1. The second kappa shape index (κ2) is 8.67. The largest absolute Gasteiger partial charge is 0.394 e. The highest BCUT2D eigenvalue weighted by molar-refractivity contribution is 7.13. The molecule has 120 valence electrons. The summed E-state index contributed by atoms with van der Waals surface area (Å²) in [4.78, 5) is 13.0. The fourth-order valence-electron chi connectivity index (χ4n) is 2.01. The van der Waals surface area contributed by atoms with E-state index < -0.39 is 0 Å². The van der Waals surface area contributed by atoms with Crippen molar-refractivity contribution in [1.82, 2.24) is 9.78 Å². The highest BCUT2D eigenvalue weighted by atomic mass is 32.1. The number of carbonyl (C=O) groups excluding carboxylic acids is 1. The number of hydrogen-bond donors (Lipinski definition) is 2. The van der Waals surface area contributed by atoms with E-state index in [2.05, 4.69) is 10.4 Å². The Morgan fingerprint density at radius 1 is 1.55 bits per heavy atom. The predicted octanol–water partition coefficient (Wildman–Crippen LogP) is 2.36. The molecule has 0 atom stereocenters. The maximum Gasteiger partial charge on any atom is 0.225 e. The average molecular weight is 323 g/mol. The molecule has 7 heteroatoms. The van der Waals surface area contributed by atoms with Gasteiger partial charge in [-0.1, -0.05) is 6.07 Å². The van der Waals surface area contributed by atoms with Crippen molar-refractivity contribution in [3.05, 3.63) is 23.6 Å². The number of hydrogen-bond acceptors (Lipinski definition) is 5. The van der Waals surface area contributed by atoms with Crippen LogP contribution in [0, 0.1) is 0 Å². The van der Waals surface area contributed by atoms with E-state index in [1.54, 1.807) is 16.0 Å². The molecule has 0 saturated carbocycles. The number of nitrogens with zero attached hydrogens (tertiary/aromatic N) is 2. The summed E-state index contributed by atoms with van der Waals surface area (Å²) in [6.07, 6.45) is 1.09. The van der Waals surface area contributed by atoms with Gasteiger partial charge in [-0.15, -0.1) is 11.3 Å². The molecule has 0 aliphatic heterocycles. The number of thiophene rings is 1. The first kappa shape index (κ1) is 16.7. The van der Waals surface area contributed by atoms with Crippen molar-refractivity contribution >= 4 is 23.1 Å². The lowest BCUT2D eigenvalue weighted by Crippen LogP contribution is -2.16. The molecular weight excluding hydrogens is 302 g/mol. The van der Waals surface area contributed by atoms with E-state index >= 15 is 0 Å². The van der Waals surface area contributed by atoms with Gasteiger partial charge in [0.25, 0.3) is 0 Å². The first-order valence-electron chi connectivity index (χ1n) is 7.34. The van der Waals surface area contributed by atoms with Crippen LogP contribution in [0.4, 0.5) is 5.82 Å². The number of rotatable bonds is 9. The third-order valence-electron chi connectivity index (χ3n) is 3.03. The topological polar surface area (TPSA) is 76.4 Å². The molecule has 2 aromatic heterocycles. The van der Waals surface area contributed by atoms with Crippen molar-refractivity contribution in [2.45, 2.75) is 26.3 Å². The molecule has 2 heterocycles. The van der Waals surface area contributed by atoms with Gasteiger partial charge in [0, 0.05) is 25.7 Å². The van der Waals surface area contributed by atoms with E-state index in [9.17, 15) is 4.79 Å². The molecule has 0 aliphatic carbocycles. The van der Waals surface area contributed by atoms with E-state index in [0.717, 1.165) is 10.6 Å². The third kappa shape index (κ3) is 4.66. The van der Waals surface area contributed by atoms with Crippen molar-refractivity contribution in [2.75, 3.05) is 25.1 Å². The van der Waals surface area contributed by atoms with Gasteiger partial charge in [0.1, 0.15) is 11.5 Å². The number of aliphatic hydroxyl groups excluding tert-OH is 1. The zero-order valence-electron chi connectivity index (χ0n) is 12.6. The lowest BCUT2D eigenvalue weighted by molar-refractivity contribution is -0.116. The number of ether oxygens (including phenoxy) is 1. The van der Waals surface area contributed by atoms with E-state index in [-0.39, 0.29) is 12.5 Å². The van der Waals surface area contributed by atoms with Gasteiger partial charge in [0.15, 0.2) is 0 Å². The Morgan fingerprint density at radius 2 is 2.41 bits per heavy atom. The van der Waals surface area contributed by atoms with Gasteiger partial charge in [0.2, 0.25) is 5.91 Å². The summed E-state index contributed by atoms with van der Waals surface area (Å²) in [6, 6.07) is 5.77. The van der Waals surface area contributed by atoms with Crippen molar-refractivity contribution in [3.63, 3.8) is 0 Å². The summed E-state index contributed by atoms with van der Waals surface area (Å²) in [6.45, 7) is 3.49. The highest BCUT2D eigenvalue weighted by Gasteiger charge is 2.12. The lowest BCUT2D eigenvalue weighted by atomic mass is 10.3. The van der Waals surface area contributed by atoms with Gasteiger partial charge in [-0.05, 0) is 24.8 Å². The summed E-state index contributed by atoms with van der Waals surface area (Å²) >= 11 is 1.59. The van der Waals surface area contributed by atoms with Gasteiger partial charge in [-0.25, -0.2) is 4.68 Å². The summed E-state index contributed by atoms with van der Waals surface area (Å²) in [5.74, 6) is 0.537. The Kier molecular flexibility index (Phi) is 6.57. The zero-order chi connectivity index (χ0) is 15.8. The molecule has 2 N–H and O–H groups in total. The second-order valence-electron chi connectivity index (χ2n) is 4.69. The molecule has 0 aromatic carbocycles. The Hall–Kier alpha value is -1.70. The highest BCUT2D eigenvalue weighted by Crippen LogP contribution is 2.26. The summed E-state index contributed by atoms with van der Waals surface area (Å²) in [5, 5.41) is 18.4. The smallest absolute Gasteiger partial charge is 0.225 e. The zero-order valence-corrected chi connectivity index (χ0v) is 13.4. The van der Waals surface area contributed by atoms with Crippen LogP contribution in [-0.2, 0) is 16.1 Å². The summed E-state index contributed by atoms with van der Waals surface area (Å²) < 4.78 is 6.84. The third-order valence-corrected chi connectivity index (χ3v) is 3.92. The average Bonchev–Trinajstić information content (AvgIpc) is 3.14. The normalized spacial score (nSPS) is 10.8. The van der Waals surface area contributed by atoms with Crippen LogP contribution in [0.1, 0.15) is 19.8 Å². The molecule has 0 fully saturated rings. The van der Waals surface area contributed by atoms with Gasteiger partial charge in [0.05, 0.1) is 18.0 Å². The van der Waals surface area contributed by atoms with E-state index in [4.69, 9.17) is 9.84 Å². The molecular formula is C15H21N3O3S. The molecule has 2 rings (SSSR count). The quantitative estimate of drug-likeness (QED) is 0.695. The predicted molar refractivity (Wildman–Crippen MR) is 87.0 cm³/mol. The Morgan fingerprint density at radius 3 is 3.09 bits per heavy atom. The van der Waals surface area contributed by atoms with Crippen molar-refractivity contribution in [2.24, 2.45) is 0 Å². The van der Waals surface area contributed by atoms with E-state index in [1.165, 1.54) is 0 Å². The molecule has 0 radical (unpaired) electrons. The number of anilines is 1. The van der Waals surface area contributed by atoms with Crippen LogP contribution in [0.5, 0.6) is 0 Å². The monoisotopic (exact) mass is 323 g/mol. The first-order valence-corrected chi connectivity index (χ1v) is 8.22. The minimum atomic E-state index is -0.0727.